The van der Waals surface area contributed by atoms with Gasteiger partial charge in [-0.3, -0.25) is 9.52 Å². The number of rotatable bonds is 8. The van der Waals surface area contributed by atoms with Gasteiger partial charge in [-0.05, 0) is 56.3 Å². The Balaban J connectivity index is 1.38. The molecule has 12 nitrogen and oxygen atoms in total. The minimum absolute atomic E-state index is 0.0869. The van der Waals surface area contributed by atoms with Gasteiger partial charge in [0.2, 0.25) is 6.79 Å². The zero-order chi connectivity index (χ0) is 31.6. The molecule has 0 bridgehead atoms. The summed E-state index contributed by atoms with van der Waals surface area (Å²) in [5, 5.41) is 12.8. The Labute approximate surface area is 256 Å². The number of nitrogens with zero attached hydrogens (tertiary/aromatic N) is 2. The smallest absolute Gasteiger partial charge is 0.321 e. The van der Waals surface area contributed by atoms with E-state index in [-0.39, 0.29) is 60.3 Å². The van der Waals surface area contributed by atoms with Crippen molar-refractivity contribution in [1.82, 2.24) is 9.80 Å². The van der Waals surface area contributed by atoms with Gasteiger partial charge < -0.3 is 34.4 Å². The van der Waals surface area contributed by atoms with E-state index in [0.29, 0.717) is 17.2 Å². The number of amides is 3. The van der Waals surface area contributed by atoms with Crippen molar-refractivity contribution in [3.8, 4) is 17.2 Å². The highest BCUT2D eigenvalue weighted by Gasteiger charge is 2.34. The van der Waals surface area contributed by atoms with Crippen molar-refractivity contribution in [3.05, 3.63) is 71.8 Å². The van der Waals surface area contributed by atoms with Crippen LogP contribution in [0.25, 0.3) is 0 Å². The SMILES string of the molecule is Cc1ccc(S(=O)(=O)Nc2ccc3c(c2)C(=O)N([C@H](C)CO)C[C@H](C)[C@@H](CN(C)C(=O)Nc2ccc4c(c2)OCO4)O3)cc1. The molecule has 3 aromatic rings. The number of aryl methyl sites for hydroxylation is 1. The zero-order valence-electron chi connectivity index (χ0n) is 24.9. The van der Waals surface area contributed by atoms with E-state index in [1.807, 2.05) is 13.8 Å². The molecule has 0 radical (unpaired) electrons. The molecule has 234 valence electrons. The number of hydrogen-bond donors (Lipinski definition) is 3. The quantitative estimate of drug-likeness (QED) is 0.342. The molecule has 2 aliphatic heterocycles. The van der Waals surface area contributed by atoms with Crippen LogP contribution in [0.2, 0.25) is 0 Å². The van der Waals surface area contributed by atoms with E-state index in [0.717, 1.165) is 5.56 Å². The highest BCUT2D eigenvalue weighted by atomic mass is 32.2. The van der Waals surface area contributed by atoms with Gasteiger partial charge in [-0.15, -0.1) is 0 Å². The minimum Gasteiger partial charge on any atom is -0.487 e. The van der Waals surface area contributed by atoms with E-state index in [1.54, 1.807) is 55.3 Å². The van der Waals surface area contributed by atoms with Gasteiger partial charge >= 0.3 is 6.03 Å². The van der Waals surface area contributed by atoms with Crippen LogP contribution in [-0.4, -0.2) is 80.9 Å². The molecule has 44 heavy (non-hydrogen) atoms. The fourth-order valence-electron chi connectivity index (χ4n) is 4.98. The number of urea groups is 1. The number of carbonyl (C=O) groups is 2. The van der Waals surface area contributed by atoms with Crippen LogP contribution in [0.5, 0.6) is 17.2 Å². The number of hydrogen-bond acceptors (Lipinski definition) is 8. The van der Waals surface area contributed by atoms with Crippen LogP contribution < -0.4 is 24.2 Å². The molecule has 13 heteroatoms. The van der Waals surface area contributed by atoms with E-state index in [9.17, 15) is 23.1 Å². The molecule has 2 aliphatic rings. The lowest BCUT2D eigenvalue weighted by Gasteiger charge is -2.38. The normalized spacial score (nSPS) is 18.4. The number of likely N-dealkylation sites (N-methyl/N-ethyl adjacent to an activating group) is 1. The van der Waals surface area contributed by atoms with E-state index in [1.165, 1.54) is 29.2 Å². The summed E-state index contributed by atoms with van der Waals surface area (Å²) in [5.74, 6) is 0.750. The lowest BCUT2D eigenvalue weighted by Crippen LogP contribution is -2.50. The Morgan fingerprint density at radius 1 is 1.05 bits per heavy atom. The molecule has 0 saturated heterocycles. The van der Waals surface area contributed by atoms with Crippen molar-refractivity contribution in [2.45, 2.75) is 37.8 Å². The summed E-state index contributed by atoms with van der Waals surface area (Å²) in [6.07, 6.45) is -0.544. The Morgan fingerprint density at radius 3 is 2.45 bits per heavy atom. The number of carbonyl (C=O) groups excluding carboxylic acids is 2. The largest absolute Gasteiger partial charge is 0.487 e. The first kappa shape index (κ1) is 31.0. The monoisotopic (exact) mass is 624 g/mol. The minimum atomic E-state index is -3.92. The molecule has 3 amide bonds. The second kappa shape index (κ2) is 12.6. The van der Waals surface area contributed by atoms with Gasteiger partial charge in [0.15, 0.2) is 11.5 Å². The second-order valence-electron chi connectivity index (χ2n) is 11.1. The van der Waals surface area contributed by atoms with Crippen molar-refractivity contribution in [1.29, 1.82) is 0 Å². The predicted molar refractivity (Wildman–Crippen MR) is 164 cm³/mol. The van der Waals surface area contributed by atoms with Gasteiger partial charge in [-0.25, -0.2) is 13.2 Å². The first-order chi connectivity index (χ1) is 20.9. The van der Waals surface area contributed by atoms with Gasteiger partial charge in [0.25, 0.3) is 15.9 Å². The summed E-state index contributed by atoms with van der Waals surface area (Å²) < 4.78 is 45.7. The molecule has 5 rings (SSSR count). The van der Waals surface area contributed by atoms with Crippen LogP contribution in [0.1, 0.15) is 29.8 Å². The number of aliphatic hydroxyl groups excluding tert-OH is 1. The highest BCUT2D eigenvalue weighted by molar-refractivity contribution is 7.92. The fraction of sp³-hybridized carbons (Fsp3) is 0.355. The number of ether oxygens (including phenoxy) is 3. The maximum atomic E-state index is 13.7. The van der Waals surface area contributed by atoms with Gasteiger partial charge in [0.05, 0.1) is 29.7 Å². The highest BCUT2D eigenvalue weighted by Crippen LogP contribution is 2.35. The average molecular weight is 625 g/mol. The summed E-state index contributed by atoms with van der Waals surface area (Å²) in [6, 6.07) is 15.2. The topological polar surface area (TPSA) is 147 Å². The van der Waals surface area contributed by atoms with Crippen molar-refractivity contribution in [3.63, 3.8) is 0 Å². The Kier molecular flexibility index (Phi) is 8.88. The lowest BCUT2D eigenvalue weighted by molar-refractivity contribution is 0.0371. The third kappa shape index (κ3) is 6.68. The summed E-state index contributed by atoms with van der Waals surface area (Å²) >= 11 is 0. The molecular weight excluding hydrogens is 588 g/mol. The van der Waals surface area contributed by atoms with Crippen LogP contribution in [0.4, 0.5) is 16.2 Å². The molecule has 3 aromatic carbocycles. The average Bonchev–Trinajstić information content (AvgIpc) is 3.47. The molecule has 3 N–H and O–H groups in total. The van der Waals surface area contributed by atoms with Gasteiger partial charge in [-0.2, -0.15) is 0 Å². The number of anilines is 2. The molecule has 0 saturated carbocycles. The standard InChI is InChI=1S/C31H36N4O8S/c1-19-5-9-24(10-6-19)44(39,40)33-23-8-11-26-25(13-23)30(37)35(21(3)17-36)15-20(2)29(43-26)16-34(4)31(38)32-22-7-12-27-28(14-22)42-18-41-27/h5-14,20-21,29,33,36H,15-18H2,1-4H3,(H,32,38)/t20-,21+,29+/m0/s1. The van der Waals surface area contributed by atoms with Crippen molar-refractivity contribution in [2.24, 2.45) is 5.92 Å². The number of fused-ring (bicyclic) bond motifs is 2. The molecule has 0 fully saturated rings. The van der Waals surface area contributed by atoms with Crippen molar-refractivity contribution < 1.29 is 37.3 Å². The molecule has 0 aromatic heterocycles. The number of aliphatic hydroxyl groups is 1. The second-order valence-corrected chi connectivity index (χ2v) is 12.8. The van der Waals surface area contributed by atoms with Crippen LogP contribution >= 0.6 is 0 Å². The third-order valence-corrected chi connectivity index (χ3v) is 9.07. The molecule has 0 aliphatic carbocycles. The summed E-state index contributed by atoms with van der Waals surface area (Å²) in [6.45, 7) is 5.78. The van der Waals surface area contributed by atoms with E-state index < -0.39 is 28.1 Å². The number of sulfonamides is 1. The Hall–Kier alpha value is -4.49. The summed E-state index contributed by atoms with van der Waals surface area (Å²) in [4.78, 5) is 30.0. The summed E-state index contributed by atoms with van der Waals surface area (Å²) in [5.41, 5.74) is 1.78. The molecule has 0 unspecified atom stereocenters. The van der Waals surface area contributed by atoms with Gasteiger partial charge in [-0.1, -0.05) is 24.6 Å². The lowest BCUT2D eigenvalue weighted by atomic mass is 9.99. The maximum Gasteiger partial charge on any atom is 0.321 e. The summed E-state index contributed by atoms with van der Waals surface area (Å²) in [7, 11) is -2.28. The van der Waals surface area contributed by atoms with Crippen molar-refractivity contribution in [2.75, 3.05) is 43.6 Å². The van der Waals surface area contributed by atoms with E-state index in [2.05, 4.69) is 10.0 Å². The zero-order valence-corrected chi connectivity index (χ0v) is 25.8. The molecule has 2 heterocycles. The molecule has 0 spiro atoms. The fourth-order valence-corrected chi connectivity index (χ4v) is 6.03. The first-order valence-corrected chi connectivity index (χ1v) is 15.7. The maximum absolute atomic E-state index is 13.7. The first-order valence-electron chi connectivity index (χ1n) is 14.2. The number of nitrogens with one attached hydrogen (secondary N) is 2. The Bertz CT molecular complexity index is 1650. The van der Waals surface area contributed by atoms with Crippen LogP contribution in [0, 0.1) is 12.8 Å². The van der Waals surface area contributed by atoms with E-state index in [4.69, 9.17) is 14.2 Å². The van der Waals surface area contributed by atoms with E-state index >= 15 is 0 Å². The molecule has 3 atom stereocenters. The molecular formula is C31H36N4O8S. The number of benzene rings is 3. The van der Waals surface area contributed by atoms with Gasteiger partial charge in [0.1, 0.15) is 11.9 Å². The van der Waals surface area contributed by atoms with Crippen LogP contribution in [-0.2, 0) is 10.0 Å². The van der Waals surface area contributed by atoms with Gasteiger partial charge in [0, 0.05) is 37.0 Å². The van der Waals surface area contributed by atoms with Crippen LogP contribution in [0.15, 0.2) is 65.6 Å². The van der Waals surface area contributed by atoms with Crippen LogP contribution in [0.3, 0.4) is 0 Å². The third-order valence-electron chi connectivity index (χ3n) is 7.67. The van der Waals surface area contributed by atoms with Crippen molar-refractivity contribution >= 4 is 33.3 Å². The predicted octanol–water partition coefficient (Wildman–Crippen LogP) is 3.91. The Morgan fingerprint density at radius 2 is 1.73 bits per heavy atom.